The SMILES string of the molecule is [CH3][Ru]([CH3])([CH3])([CH3])([CH3])([C]1=CC=CC1)[c]1ccc[nH]1. The Hall–Kier alpha value is -0.617. The average Bonchev–Trinajstić information content (AvgIpc) is 2.76. The van der Waals surface area contributed by atoms with Gasteiger partial charge in [-0.05, 0) is 0 Å². The molecule has 2 heteroatoms. The Labute approximate surface area is 95.2 Å². The van der Waals surface area contributed by atoms with Crippen LogP contribution >= 0.6 is 0 Å². The van der Waals surface area contributed by atoms with Gasteiger partial charge in [0.05, 0.1) is 0 Å². The summed E-state index contributed by atoms with van der Waals surface area (Å²) in [6, 6.07) is 4.37. The van der Waals surface area contributed by atoms with E-state index in [-0.39, 0.29) is 0 Å². The molecule has 0 saturated heterocycles. The number of nitrogens with one attached hydrogen (secondary N) is 1. The fourth-order valence-corrected chi connectivity index (χ4v) is 9.97. The number of aromatic amines is 1. The van der Waals surface area contributed by atoms with E-state index in [1.807, 2.05) is 6.20 Å². The molecule has 0 aliphatic heterocycles. The van der Waals surface area contributed by atoms with Gasteiger partial charge in [0.1, 0.15) is 0 Å². The molecule has 0 spiro atoms. The molecule has 1 aliphatic carbocycles. The number of allylic oxidation sites excluding steroid dienone is 4. The molecule has 1 heterocycles. The molecule has 0 atom stereocenters. The van der Waals surface area contributed by atoms with Crippen LogP contribution in [-0.2, 0) is 11.2 Å². The number of hydrogen-bond acceptors (Lipinski definition) is 0. The fourth-order valence-electron chi connectivity index (χ4n) is 2.17. The summed E-state index contributed by atoms with van der Waals surface area (Å²) in [5, 5.41) is 0. The summed E-state index contributed by atoms with van der Waals surface area (Å²) in [4.78, 5) is 3.48. The standard InChI is InChI=1S/C5H5.C4H4N.5CH3.Ru/c2*1-2-4-5-3-1;;;;;;/h1-3H,4H2;1-3,5H;5*1H3;. The van der Waals surface area contributed by atoms with Crippen LogP contribution in [0.3, 0.4) is 0 Å². The van der Waals surface area contributed by atoms with E-state index in [0.717, 1.165) is 6.42 Å². The second-order valence-corrected chi connectivity index (χ2v) is 36.2. The van der Waals surface area contributed by atoms with Crippen molar-refractivity contribution in [1.29, 1.82) is 0 Å². The first-order valence-electron chi connectivity index (χ1n) is 5.33. The van der Waals surface area contributed by atoms with Crippen molar-refractivity contribution in [1.82, 2.24) is 4.98 Å². The molecule has 16 heavy (non-hydrogen) atoms. The van der Waals surface area contributed by atoms with Crippen molar-refractivity contribution in [2.45, 2.75) is 34.0 Å². The quantitative estimate of drug-likeness (QED) is 0.775. The van der Waals surface area contributed by atoms with Gasteiger partial charge in [0.15, 0.2) is 0 Å². The van der Waals surface area contributed by atoms with Gasteiger partial charge in [-0.1, -0.05) is 0 Å². The molecule has 1 N–H and O–H groups in total. The fraction of sp³-hybridized carbons (Fsp3) is 0.429. The molecule has 0 saturated carbocycles. The van der Waals surface area contributed by atoms with Gasteiger partial charge in [0.25, 0.3) is 0 Å². The van der Waals surface area contributed by atoms with E-state index in [9.17, 15) is 0 Å². The van der Waals surface area contributed by atoms with Gasteiger partial charge < -0.3 is 0 Å². The molecule has 1 nitrogen and oxygen atoms in total. The van der Waals surface area contributed by atoms with Crippen LogP contribution in [0, 0.1) is 0 Å². The number of aromatic nitrogens is 1. The van der Waals surface area contributed by atoms with E-state index in [4.69, 9.17) is 0 Å². The zero-order valence-corrected chi connectivity index (χ0v) is 12.8. The van der Waals surface area contributed by atoms with Crippen molar-refractivity contribution in [3.8, 4) is 0 Å². The molecule has 0 unspecified atom stereocenters. The van der Waals surface area contributed by atoms with Crippen molar-refractivity contribution in [3.63, 3.8) is 0 Å². The summed E-state index contributed by atoms with van der Waals surface area (Å²) in [6.07, 6.45) is 9.93. The van der Waals surface area contributed by atoms with Crippen LogP contribution < -0.4 is 4.29 Å². The summed E-state index contributed by atoms with van der Waals surface area (Å²) >= 11 is -3.60. The molecule has 1 aromatic rings. The van der Waals surface area contributed by atoms with Crippen LogP contribution in [0.15, 0.2) is 40.7 Å². The maximum atomic E-state index is 3.48. The van der Waals surface area contributed by atoms with E-state index in [0.29, 0.717) is 0 Å². The predicted molar refractivity (Wildman–Crippen MR) is 71.6 cm³/mol. The van der Waals surface area contributed by atoms with E-state index < -0.39 is 11.2 Å². The minimum atomic E-state index is -3.60. The summed E-state index contributed by atoms with van der Waals surface area (Å²) in [7, 11) is 0. The van der Waals surface area contributed by atoms with Gasteiger partial charge in [-0.2, -0.15) is 0 Å². The molecular formula is C14H24NRu. The maximum absolute atomic E-state index is 3.60. The molecule has 0 aromatic carbocycles. The summed E-state index contributed by atoms with van der Waals surface area (Å²) in [6.45, 7) is 0. The van der Waals surface area contributed by atoms with Crippen molar-refractivity contribution >= 4 is 4.29 Å². The molecule has 93 valence electrons. The van der Waals surface area contributed by atoms with Crippen LogP contribution in [-0.4, -0.2) is 4.98 Å². The van der Waals surface area contributed by atoms with E-state index in [1.54, 1.807) is 4.17 Å². The molecule has 0 bridgehead atoms. The third-order valence-electron chi connectivity index (χ3n) is 3.57. The Balaban J connectivity index is 2.82. The molecule has 1 aliphatic rings. The predicted octanol–water partition coefficient (Wildman–Crippen LogP) is 4.49. The molecule has 1 aromatic heterocycles. The van der Waals surface area contributed by atoms with Gasteiger partial charge in [-0.3, -0.25) is 0 Å². The Morgan fingerprint density at radius 2 is 1.81 bits per heavy atom. The first-order chi connectivity index (χ1) is 6.96. The van der Waals surface area contributed by atoms with Crippen LogP contribution in [0.5, 0.6) is 0 Å². The van der Waals surface area contributed by atoms with Crippen LogP contribution in [0.1, 0.15) is 6.42 Å². The Morgan fingerprint density at radius 1 is 1.12 bits per heavy atom. The van der Waals surface area contributed by atoms with Crippen molar-refractivity contribution in [3.05, 3.63) is 40.7 Å². The topological polar surface area (TPSA) is 15.8 Å². The van der Waals surface area contributed by atoms with Crippen LogP contribution in [0.2, 0.25) is 27.6 Å². The molecular weight excluding hydrogens is 283 g/mol. The second kappa shape index (κ2) is 2.18. The first-order valence-corrected chi connectivity index (χ1v) is 15.8. The van der Waals surface area contributed by atoms with E-state index in [2.05, 4.69) is 62.9 Å². The number of H-pyrrole nitrogens is 1. The van der Waals surface area contributed by atoms with Crippen molar-refractivity contribution < 1.29 is 11.2 Å². The Kier molecular flexibility index (Phi) is 1.61. The summed E-state index contributed by atoms with van der Waals surface area (Å²) < 4.78 is 3.02. The summed E-state index contributed by atoms with van der Waals surface area (Å²) in [5.74, 6) is 0. The zero-order valence-electron chi connectivity index (χ0n) is 11.0. The Bertz CT molecular complexity index is 499. The first kappa shape index (κ1) is 11.9. The third-order valence-corrected chi connectivity index (χ3v) is 16.0. The number of rotatable bonds is 2. The molecule has 2 rings (SSSR count). The molecule has 0 radical (unpaired) electrons. The van der Waals surface area contributed by atoms with E-state index >= 15 is 0 Å². The monoisotopic (exact) mass is 308 g/mol. The summed E-state index contributed by atoms with van der Waals surface area (Å²) in [5.41, 5.74) is 12.5. The van der Waals surface area contributed by atoms with Gasteiger partial charge in [-0.15, -0.1) is 0 Å². The second-order valence-electron chi connectivity index (χ2n) is 7.63. The van der Waals surface area contributed by atoms with E-state index in [1.165, 1.54) is 4.29 Å². The van der Waals surface area contributed by atoms with Crippen molar-refractivity contribution in [2.75, 3.05) is 0 Å². The normalized spacial score (nSPS) is 23.1. The number of hydrogen-bond donors (Lipinski definition) is 1. The van der Waals surface area contributed by atoms with Gasteiger partial charge >= 0.3 is 95.3 Å². The zero-order chi connectivity index (χ0) is 12.2. The third kappa shape index (κ3) is 1.47. The van der Waals surface area contributed by atoms with Crippen LogP contribution in [0.25, 0.3) is 0 Å². The Morgan fingerprint density at radius 3 is 2.25 bits per heavy atom. The molecule has 0 amide bonds. The minimum absolute atomic E-state index is 1.10. The van der Waals surface area contributed by atoms with Crippen molar-refractivity contribution in [2.24, 2.45) is 0 Å². The van der Waals surface area contributed by atoms with Gasteiger partial charge in [-0.25, -0.2) is 0 Å². The molecule has 0 fully saturated rings. The average molecular weight is 307 g/mol. The van der Waals surface area contributed by atoms with Crippen LogP contribution in [0.4, 0.5) is 0 Å². The van der Waals surface area contributed by atoms with Gasteiger partial charge in [0.2, 0.25) is 0 Å². The van der Waals surface area contributed by atoms with Gasteiger partial charge in [0, 0.05) is 0 Å².